The van der Waals surface area contributed by atoms with Gasteiger partial charge in [0.15, 0.2) is 0 Å². The zero-order valence-corrected chi connectivity index (χ0v) is 34.2. The van der Waals surface area contributed by atoms with Crippen molar-refractivity contribution in [2.75, 3.05) is 19.8 Å². The largest absolute Gasteiger partial charge is 0.472 e. The molecule has 0 aliphatic rings. The lowest BCUT2D eigenvalue weighted by Gasteiger charge is -2.23. The number of hydrogen-bond donors (Lipinski definition) is 4. The standard InChI is InChI=1S/C43H79N2O6P/c1-3-5-7-9-11-13-15-17-18-19-20-21-22-23-24-25-27-29-31-33-35-37-43(47)45-41(40-51-52(48,49)50-39-38-44)42(46)36-34-32-30-28-26-16-14-12-10-8-6-4-2/h10,12,15,17,19-20,26,28,34,36,41-42,46H,3-9,11,13-14,16,18,21-25,27,29-33,35,37-40,44H2,1-2H3,(H,45,47)(H,48,49)/b12-10+,17-15-,20-19-,28-26+,36-34+. The van der Waals surface area contributed by atoms with Crippen molar-refractivity contribution in [1.29, 1.82) is 0 Å². The van der Waals surface area contributed by atoms with E-state index >= 15 is 0 Å². The number of allylic oxidation sites excluding steroid dienone is 9. The number of phosphoric ester groups is 1. The highest BCUT2D eigenvalue weighted by Gasteiger charge is 2.26. The Bertz CT molecular complexity index is 996. The van der Waals surface area contributed by atoms with E-state index in [4.69, 9.17) is 14.8 Å². The molecule has 0 aliphatic carbocycles. The van der Waals surface area contributed by atoms with Crippen molar-refractivity contribution in [1.82, 2.24) is 5.32 Å². The summed E-state index contributed by atoms with van der Waals surface area (Å²) in [5.74, 6) is -0.216. The Morgan fingerprint density at radius 3 is 1.65 bits per heavy atom. The van der Waals surface area contributed by atoms with Gasteiger partial charge < -0.3 is 21.1 Å². The van der Waals surface area contributed by atoms with Crippen LogP contribution in [0.4, 0.5) is 0 Å². The zero-order chi connectivity index (χ0) is 38.2. The van der Waals surface area contributed by atoms with Crippen LogP contribution in [0.2, 0.25) is 0 Å². The molecule has 0 radical (unpaired) electrons. The number of carbonyl (C=O) groups excluding carboxylic acids is 1. The van der Waals surface area contributed by atoms with Gasteiger partial charge in [-0.3, -0.25) is 13.8 Å². The minimum absolute atomic E-state index is 0.0686. The van der Waals surface area contributed by atoms with E-state index in [0.29, 0.717) is 6.42 Å². The van der Waals surface area contributed by atoms with E-state index in [1.54, 1.807) is 6.08 Å². The van der Waals surface area contributed by atoms with Crippen LogP contribution in [-0.4, -0.2) is 47.8 Å². The van der Waals surface area contributed by atoms with E-state index < -0.39 is 20.0 Å². The second-order valence-corrected chi connectivity index (χ2v) is 15.3. The summed E-state index contributed by atoms with van der Waals surface area (Å²) >= 11 is 0. The maximum atomic E-state index is 12.7. The van der Waals surface area contributed by atoms with Crippen molar-refractivity contribution in [3.05, 3.63) is 60.8 Å². The molecule has 0 saturated carbocycles. The van der Waals surface area contributed by atoms with Crippen molar-refractivity contribution in [3.8, 4) is 0 Å². The third-order valence-corrected chi connectivity index (χ3v) is 9.78. The van der Waals surface area contributed by atoms with Crippen molar-refractivity contribution in [3.63, 3.8) is 0 Å². The van der Waals surface area contributed by atoms with Gasteiger partial charge in [-0.1, -0.05) is 158 Å². The van der Waals surface area contributed by atoms with Crippen molar-refractivity contribution in [2.45, 2.75) is 187 Å². The van der Waals surface area contributed by atoms with Gasteiger partial charge in [0.2, 0.25) is 5.91 Å². The molecule has 0 heterocycles. The van der Waals surface area contributed by atoms with Gasteiger partial charge in [0.25, 0.3) is 0 Å². The van der Waals surface area contributed by atoms with Crippen LogP contribution in [0, 0.1) is 0 Å². The van der Waals surface area contributed by atoms with Gasteiger partial charge in [0.05, 0.1) is 25.4 Å². The number of rotatable bonds is 38. The molecule has 1 amide bonds. The third-order valence-electron chi connectivity index (χ3n) is 8.79. The Morgan fingerprint density at radius 1 is 0.635 bits per heavy atom. The first-order chi connectivity index (χ1) is 25.4. The van der Waals surface area contributed by atoms with E-state index in [1.165, 1.54) is 96.3 Å². The Morgan fingerprint density at radius 2 is 1.10 bits per heavy atom. The molecule has 3 atom stereocenters. The number of hydrogen-bond acceptors (Lipinski definition) is 6. The Balaban J connectivity index is 4.23. The quantitative estimate of drug-likeness (QED) is 0.0281. The number of nitrogens with one attached hydrogen (secondary N) is 1. The fraction of sp³-hybridized carbons (Fsp3) is 0.744. The lowest BCUT2D eigenvalue weighted by Crippen LogP contribution is -2.45. The minimum atomic E-state index is -4.35. The number of unbranched alkanes of at least 4 members (excludes halogenated alkanes) is 18. The molecule has 0 saturated heterocycles. The normalized spacial score (nSPS) is 14.8. The molecule has 0 aromatic rings. The summed E-state index contributed by atoms with van der Waals surface area (Å²) in [6.07, 6.45) is 48.4. The zero-order valence-electron chi connectivity index (χ0n) is 33.3. The highest BCUT2D eigenvalue weighted by molar-refractivity contribution is 7.47. The molecule has 0 rings (SSSR count). The number of phosphoric acid groups is 1. The van der Waals surface area contributed by atoms with Crippen LogP contribution in [0.5, 0.6) is 0 Å². The first kappa shape index (κ1) is 50.2. The van der Waals surface area contributed by atoms with Gasteiger partial charge in [0, 0.05) is 13.0 Å². The summed E-state index contributed by atoms with van der Waals surface area (Å²) in [6, 6.07) is -0.886. The summed E-state index contributed by atoms with van der Waals surface area (Å²) in [7, 11) is -4.35. The average molecular weight is 751 g/mol. The number of aliphatic hydroxyl groups excluding tert-OH is 1. The molecule has 0 aromatic heterocycles. The predicted octanol–water partition coefficient (Wildman–Crippen LogP) is 11.5. The van der Waals surface area contributed by atoms with Crippen LogP contribution in [0.15, 0.2) is 60.8 Å². The highest BCUT2D eigenvalue weighted by Crippen LogP contribution is 2.43. The van der Waals surface area contributed by atoms with E-state index in [9.17, 15) is 19.4 Å². The molecule has 8 nitrogen and oxygen atoms in total. The summed E-state index contributed by atoms with van der Waals surface area (Å²) in [6.45, 7) is 4.02. The lowest BCUT2D eigenvalue weighted by molar-refractivity contribution is -0.123. The van der Waals surface area contributed by atoms with Gasteiger partial charge in [-0.25, -0.2) is 4.57 Å². The monoisotopic (exact) mass is 751 g/mol. The van der Waals surface area contributed by atoms with Gasteiger partial charge in [-0.15, -0.1) is 0 Å². The SMILES string of the molecule is CCCC/C=C/CC/C=C/CC/C=C/C(O)C(COP(=O)(O)OCCN)NC(=O)CCCCCCCCCCC/C=C\C/C=C\CCCCCCC. The smallest absolute Gasteiger partial charge is 0.387 e. The van der Waals surface area contributed by atoms with Gasteiger partial charge >= 0.3 is 7.82 Å². The molecular formula is C43H79N2O6P. The number of carbonyl (C=O) groups is 1. The van der Waals surface area contributed by atoms with Crippen molar-refractivity contribution in [2.24, 2.45) is 5.73 Å². The first-order valence-corrected chi connectivity index (χ1v) is 22.4. The first-order valence-electron chi connectivity index (χ1n) is 20.9. The van der Waals surface area contributed by atoms with Crippen LogP contribution in [0.1, 0.15) is 174 Å². The van der Waals surface area contributed by atoms with E-state index in [1.807, 2.05) is 6.08 Å². The lowest BCUT2D eigenvalue weighted by atomic mass is 10.1. The summed E-state index contributed by atoms with van der Waals surface area (Å²) in [5.41, 5.74) is 5.36. The molecule has 9 heteroatoms. The number of amides is 1. The van der Waals surface area contributed by atoms with E-state index in [-0.39, 0.29) is 25.7 Å². The molecule has 5 N–H and O–H groups in total. The topological polar surface area (TPSA) is 131 Å². The minimum Gasteiger partial charge on any atom is -0.387 e. The fourth-order valence-electron chi connectivity index (χ4n) is 5.59. The molecule has 302 valence electrons. The van der Waals surface area contributed by atoms with Crippen molar-refractivity contribution >= 4 is 13.7 Å². The summed E-state index contributed by atoms with van der Waals surface area (Å²) < 4.78 is 22.0. The number of nitrogens with two attached hydrogens (primary N) is 1. The van der Waals surface area contributed by atoms with Crippen LogP contribution in [-0.2, 0) is 18.4 Å². The summed E-state index contributed by atoms with van der Waals surface area (Å²) in [4.78, 5) is 22.6. The molecule has 3 unspecified atom stereocenters. The van der Waals surface area contributed by atoms with Crippen LogP contribution >= 0.6 is 7.82 Å². The summed E-state index contributed by atoms with van der Waals surface area (Å²) in [5, 5.41) is 13.6. The fourth-order valence-corrected chi connectivity index (χ4v) is 6.35. The van der Waals surface area contributed by atoms with Gasteiger partial charge in [0.1, 0.15) is 0 Å². The molecule has 0 aliphatic heterocycles. The second kappa shape index (κ2) is 38.9. The second-order valence-electron chi connectivity index (χ2n) is 13.8. The van der Waals surface area contributed by atoms with E-state index in [2.05, 4.69) is 67.8 Å². The molecule has 0 bridgehead atoms. The van der Waals surface area contributed by atoms with E-state index in [0.717, 1.165) is 57.8 Å². The maximum absolute atomic E-state index is 12.7. The van der Waals surface area contributed by atoms with Crippen LogP contribution in [0.25, 0.3) is 0 Å². The highest BCUT2D eigenvalue weighted by atomic mass is 31.2. The predicted molar refractivity (Wildman–Crippen MR) is 221 cm³/mol. The average Bonchev–Trinajstić information content (AvgIpc) is 3.13. The molecule has 0 aromatic carbocycles. The van der Waals surface area contributed by atoms with Gasteiger partial charge in [-0.05, 0) is 70.6 Å². The van der Waals surface area contributed by atoms with Crippen molar-refractivity contribution < 1.29 is 28.4 Å². The third kappa shape index (κ3) is 36.6. The molecule has 52 heavy (non-hydrogen) atoms. The molecular weight excluding hydrogens is 671 g/mol. The molecule has 0 fully saturated rings. The Labute approximate surface area is 319 Å². The van der Waals surface area contributed by atoms with Gasteiger partial charge in [-0.2, -0.15) is 0 Å². The van der Waals surface area contributed by atoms with Crippen LogP contribution in [0.3, 0.4) is 0 Å². The van der Waals surface area contributed by atoms with Crippen LogP contribution < -0.4 is 11.1 Å². The maximum Gasteiger partial charge on any atom is 0.472 e. The number of aliphatic hydroxyl groups is 1. The molecule has 0 spiro atoms. The Hall–Kier alpha value is -1.80. The Kier molecular flexibility index (Phi) is 37.6.